The third-order valence-corrected chi connectivity index (χ3v) is 3.93. The van der Waals surface area contributed by atoms with Crippen molar-refractivity contribution >= 4 is 23.5 Å². The molecule has 1 amide bonds. The topological polar surface area (TPSA) is 64.4 Å². The summed E-state index contributed by atoms with van der Waals surface area (Å²) in [6.45, 7) is 1.67. The fourth-order valence-corrected chi connectivity index (χ4v) is 2.76. The van der Waals surface area contributed by atoms with E-state index in [0.717, 1.165) is 5.69 Å². The van der Waals surface area contributed by atoms with Crippen LogP contribution in [0.4, 0.5) is 0 Å². The summed E-state index contributed by atoms with van der Waals surface area (Å²) in [6, 6.07) is 5.29. The lowest BCUT2D eigenvalue weighted by molar-refractivity contribution is -0.139. The zero-order valence-electron chi connectivity index (χ0n) is 13.2. The molecule has 0 N–H and O–H groups in total. The quantitative estimate of drug-likeness (QED) is 0.587. The van der Waals surface area contributed by atoms with Gasteiger partial charge in [-0.1, -0.05) is 23.6 Å². The number of benzene rings is 1. The summed E-state index contributed by atoms with van der Waals surface area (Å²) in [5.74, 6) is 5.10. The molecule has 0 aliphatic carbocycles. The predicted molar refractivity (Wildman–Crippen MR) is 87.9 cm³/mol. The molecule has 1 aliphatic heterocycles. The molecule has 7 heteroatoms. The fourth-order valence-electron chi connectivity index (χ4n) is 2.51. The zero-order chi connectivity index (χ0) is 17.3. The summed E-state index contributed by atoms with van der Waals surface area (Å²) in [4.78, 5) is 29.2. The van der Waals surface area contributed by atoms with Crippen molar-refractivity contribution in [1.82, 2.24) is 14.5 Å². The van der Waals surface area contributed by atoms with Gasteiger partial charge in [-0.25, -0.2) is 4.98 Å². The maximum atomic E-state index is 12.6. The van der Waals surface area contributed by atoms with Crippen molar-refractivity contribution in [2.75, 3.05) is 13.7 Å². The maximum Gasteiger partial charge on any atom is 0.303 e. The lowest BCUT2D eigenvalue weighted by Gasteiger charge is -2.14. The first kappa shape index (κ1) is 16.1. The van der Waals surface area contributed by atoms with Gasteiger partial charge in [0, 0.05) is 14.0 Å². The van der Waals surface area contributed by atoms with Crippen molar-refractivity contribution in [3.63, 3.8) is 0 Å². The molecule has 0 fully saturated rings. The largest absolute Gasteiger partial charge is 0.453 e. The number of amides is 1. The Bertz CT molecular complexity index is 892. The molecular weight excluding hydrogens is 330 g/mol. The van der Waals surface area contributed by atoms with Gasteiger partial charge in [-0.15, -0.1) is 0 Å². The number of carbonyl (C=O) groups is 2. The van der Waals surface area contributed by atoms with Crippen LogP contribution in [0.1, 0.15) is 28.7 Å². The van der Waals surface area contributed by atoms with E-state index in [9.17, 15) is 9.59 Å². The number of aromatic nitrogens is 2. The highest BCUT2D eigenvalue weighted by molar-refractivity contribution is 6.34. The van der Waals surface area contributed by atoms with Gasteiger partial charge in [-0.2, -0.15) is 0 Å². The Kier molecular flexibility index (Phi) is 4.28. The molecule has 24 heavy (non-hydrogen) atoms. The van der Waals surface area contributed by atoms with Crippen LogP contribution in [-0.4, -0.2) is 40.0 Å². The number of hydrogen-bond acceptors (Lipinski definition) is 4. The van der Waals surface area contributed by atoms with Gasteiger partial charge in [0.15, 0.2) is 6.61 Å². The lowest BCUT2D eigenvalue weighted by atomic mass is 10.1. The highest BCUT2D eigenvalue weighted by Gasteiger charge is 2.27. The molecule has 0 unspecified atom stereocenters. The van der Waals surface area contributed by atoms with Gasteiger partial charge < -0.3 is 9.64 Å². The molecular formula is C17H14ClN3O3. The number of esters is 1. The molecule has 1 aromatic heterocycles. The Morgan fingerprint density at radius 3 is 3.00 bits per heavy atom. The van der Waals surface area contributed by atoms with Gasteiger partial charge >= 0.3 is 5.97 Å². The minimum atomic E-state index is -0.387. The van der Waals surface area contributed by atoms with E-state index in [1.165, 1.54) is 6.92 Å². The SMILES string of the molecule is CC(=O)OCC#Cc1ncn2c1CN(C)C(=O)c1c(Cl)cccc1-2. The first-order valence-corrected chi connectivity index (χ1v) is 7.59. The van der Waals surface area contributed by atoms with Crippen LogP contribution in [-0.2, 0) is 16.1 Å². The molecule has 6 nitrogen and oxygen atoms in total. The van der Waals surface area contributed by atoms with Crippen molar-refractivity contribution in [2.24, 2.45) is 0 Å². The average Bonchev–Trinajstić information content (AvgIpc) is 2.88. The average molecular weight is 344 g/mol. The molecule has 1 aliphatic rings. The van der Waals surface area contributed by atoms with Crippen LogP contribution < -0.4 is 0 Å². The van der Waals surface area contributed by atoms with E-state index in [1.54, 1.807) is 30.4 Å². The zero-order valence-corrected chi connectivity index (χ0v) is 13.9. The lowest BCUT2D eigenvalue weighted by Crippen LogP contribution is -2.25. The van der Waals surface area contributed by atoms with E-state index in [0.29, 0.717) is 28.5 Å². The molecule has 0 saturated carbocycles. The van der Waals surface area contributed by atoms with Crippen molar-refractivity contribution in [3.05, 3.63) is 46.5 Å². The molecule has 122 valence electrons. The van der Waals surface area contributed by atoms with Crippen molar-refractivity contribution in [1.29, 1.82) is 0 Å². The first-order valence-electron chi connectivity index (χ1n) is 7.22. The fraction of sp³-hybridized carbons (Fsp3) is 0.235. The second-order valence-corrected chi connectivity index (χ2v) is 5.69. The van der Waals surface area contributed by atoms with Crippen molar-refractivity contribution < 1.29 is 14.3 Å². The Morgan fingerprint density at radius 2 is 2.25 bits per heavy atom. The highest BCUT2D eigenvalue weighted by Crippen LogP contribution is 2.29. The van der Waals surface area contributed by atoms with Crippen LogP contribution >= 0.6 is 11.6 Å². The normalized spacial score (nSPS) is 12.6. The van der Waals surface area contributed by atoms with E-state index >= 15 is 0 Å². The third-order valence-electron chi connectivity index (χ3n) is 3.62. The van der Waals surface area contributed by atoms with Gasteiger partial charge in [-0.3, -0.25) is 14.2 Å². The van der Waals surface area contributed by atoms with Crippen LogP contribution in [0.2, 0.25) is 5.02 Å². The molecule has 0 atom stereocenters. The van der Waals surface area contributed by atoms with E-state index in [1.807, 2.05) is 10.6 Å². The van der Waals surface area contributed by atoms with E-state index in [2.05, 4.69) is 16.8 Å². The van der Waals surface area contributed by atoms with Crippen molar-refractivity contribution in [2.45, 2.75) is 13.5 Å². The third kappa shape index (κ3) is 2.86. The summed E-state index contributed by atoms with van der Waals surface area (Å²) in [7, 11) is 1.70. The summed E-state index contributed by atoms with van der Waals surface area (Å²) < 4.78 is 6.61. The second kappa shape index (κ2) is 6.38. The van der Waals surface area contributed by atoms with Crippen LogP contribution in [0.25, 0.3) is 5.69 Å². The van der Waals surface area contributed by atoms with Gasteiger partial charge in [0.05, 0.1) is 28.5 Å². The first-order chi connectivity index (χ1) is 11.5. The summed E-state index contributed by atoms with van der Waals surface area (Å²) in [6.07, 6.45) is 1.62. The number of carbonyl (C=O) groups excluding carboxylic acids is 2. The summed E-state index contributed by atoms with van der Waals surface area (Å²) >= 11 is 6.22. The van der Waals surface area contributed by atoms with Crippen LogP contribution in [0.15, 0.2) is 24.5 Å². The molecule has 2 aromatic rings. The summed E-state index contributed by atoms with van der Waals surface area (Å²) in [5, 5.41) is 0.397. The van der Waals surface area contributed by atoms with E-state index in [4.69, 9.17) is 16.3 Å². The Morgan fingerprint density at radius 1 is 1.46 bits per heavy atom. The molecule has 0 spiro atoms. The predicted octanol–water partition coefficient (Wildman–Crippen LogP) is 2.03. The van der Waals surface area contributed by atoms with Gasteiger partial charge in [0.25, 0.3) is 5.91 Å². The number of hydrogen-bond donors (Lipinski definition) is 0. The Hall–Kier alpha value is -2.78. The molecule has 0 radical (unpaired) electrons. The number of ether oxygens (including phenoxy) is 1. The monoisotopic (exact) mass is 343 g/mol. The molecule has 3 rings (SSSR count). The summed E-state index contributed by atoms with van der Waals surface area (Å²) in [5.41, 5.74) is 2.43. The maximum absolute atomic E-state index is 12.6. The number of imidazole rings is 1. The van der Waals surface area contributed by atoms with Gasteiger partial charge in [0.2, 0.25) is 0 Å². The number of fused-ring (bicyclic) bond motifs is 3. The minimum absolute atomic E-state index is 0.00117. The minimum Gasteiger partial charge on any atom is -0.453 e. The Balaban J connectivity index is 2.06. The smallest absolute Gasteiger partial charge is 0.303 e. The van der Waals surface area contributed by atoms with E-state index in [-0.39, 0.29) is 18.5 Å². The highest BCUT2D eigenvalue weighted by atomic mass is 35.5. The molecule has 2 heterocycles. The number of nitrogens with zero attached hydrogens (tertiary/aromatic N) is 3. The van der Waals surface area contributed by atoms with Gasteiger partial charge in [-0.05, 0) is 18.1 Å². The van der Waals surface area contributed by atoms with Crippen LogP contribution in [0.3, 0.4) is 0 Å². The molecule has 0 bridgehead atoms. The number of halogens is 1. The standard InChI is InChI=1S/C17H14ClN3O3/c1-11(22)24-8-4-6-13-15-9-20(2)17(23)16-12(18)5-3-7-14(16)21(15)10-19-13/h3,5,7,10H,8-9H2,1-2H3. The van der Waals surface area contributed by atoms with E-state index < -0.39 is 0 Å². The Labute approximate surface area is 144 Å². The van der Waals surface area contributed by atoms with Crippen LogP contribution in [0, 0.1) is 11.8 Å². The van der Waals surface area contributed by atoms with Crippen LogP contribution in [0.5, 0.6) is 0 Å². The molecule has 0 saturated heterocycles. The number of rotatable bonds is 1. The van der Waals surface area contributed by atoms with Crippen molar-refractivity contribution in [3.8, 4) is 17.5 Å². The second-order valence-electron chi connectivity index (χ2n) is 5.29. The van der Waals surface area contributed by atoms with Gasteiger partial charge in [0.1, 0.15) is 12.0 Å². The molecule has 1 aromatic carbocycles.